The van der Waals surface area contributed by atoms with Crippen molar-refractivity contribution in [1.29, 1.82) is 0 Å². The van der Waals surface area contributed by atoms with Crippen LogP contribution in [0.5, 0.6) is 0 Å². The number of ether oxygens (including phenoxy) is 1. The summed E-state index contributed by atoms with van der Waals surface area (Å²) in [5.41, 5.74) is 0. The predicted molar refractivity (Wildman–Crippen MR) is 63.2 cm³/mol. The summed E-state index contributed by atoms with van der Waals surface area (Å²) in [6.45, 7) is 1.76. The first-order valence-corrected chi connectivity index (χ1v) is 5.98. The van der Waals surface area contributed by atoms with E-state index in [2.05, 4.69) is 5.32 Å². The number of aliphatic hydroxyl groups excluding tert-OH is 1. The van der Waals surface area contributed by atoms with Crippen LogP contribution in [0.3, 0.4) is 0 Å². The van der Waals surface area contributed by atoms with Crippen LogP contribution in [0.2, 0.25) is 0 Å². The van der Waals surface area contributed by atoms with Crippen molar-refractivity contribution < 1.29 is 24.5 Å². The smallest absolute Gasteiger partial charge is 0.334 e. The van der Waals surface area contributed by atoms with Gasteiger partial charge in [-0.2, -0.15) is 0 Å². The number of urea groups is 1. The number of carbonyl (C=O) groups excluding carboxylic acids is 1. The maximum absolute atomic E-state index is 11.6. The molecule has 0 saturated carbocycles. The number of aliphatic carboxylic acids is 1. The van der Waals surface area contributed by atoms with Crippen molar-refractivity contribution in [3.63, 3.8) is 0 Å². The van der Waals surface area contributed by atoms with E-state index >= 15 is 0 Å². The van der Waals surface area contributed by atoms with Gasteiger partial charge in [-0.25, -0.2) is 9.59 Å². The van der Waals surface area contributed by atoms with Crippen LogP contribution in [0, 0.1) is 5.92 Å². The Morgan fingerprint density at radius 1 is 1.44 bits per heavy atom. The molecule has 1 saturated heterocycles. The summed E-state index contributed by atoms with van der Waals surface area (Å²) < 4.78 is 5.23. The molecule has 104 valence electrons. The zero-order valence-corrected chi connectivity index (χ0v) is 10.5. The highest BCUT2D eigenvalue weighted by Crippen LogP contribution is 2.15. The highest BCUT2D eigenvalue weighted by molar-refractivity contribution is 5.76. The number of aliphatic hydroxyl groups is 1. The van der Waals surface area contributed by atoms with Gasteiger partial charge < -0.3 is 25.2 Å². The van der Waals surface area contributed by atoms with Gasteiger partial charge in [0.05, 0.1) is 6.54 Å². The van der Waals surface area contributed by atoms with Crippen LogP contribution in [-0.4, -0.2) is 66.6 Å². The number of hydrogen-bond donors (Lipinski definition) is 3. The Hall–Kier alpha value is -1.34. The highest BCUT2D eigenvalue weighted by atomic mass is 16.5. The maximum atomic E-state index is 11.6. The Morgan fingerprint density at radius 2 is 2.06 bits per heavy atom. The zero-order valence-electron chi connectivity index (χ0n) is 10.5. The van der Waals surface area contributed by atoms with Crippen molar-refractivity contribution in [1.82, 2.24) is 10.2 Å². The number of carboxylic acids is 1. The van der Waals surface area contributed by atoms with Gasteiger partial charge in [0.15, 0.2) is 6.10 Å². The lowest BCUT2D eigenvalue weighted by atomic mass is 10.00. The van der Waals surface area contributed by atoms with E-state index in [4.69, 9.17) is 14.9 Å². The largest absolute Gasteiger partial charge is 0.479 e. The molecule has 0 aromatic heterocycles. The second kappa shape index (κ2) is 7.17. The first-order chi connectivity index (χ1) is 8.50. The summed E-state index contributed by atoms with van der Waals surface area (Å²) in [6, 6.07) is -0.373. The van der Waals surface area contributed by atoms with E-state index in [1.54, 1.807) is 7.05 Å². The molecule has 7 nitrogen and oxygen atoms in total. The second-order valence-electron chi connectivity index (χ2n) is 4.48. The van der Waals surface area contributed by atoms with Gasteiger partial charge in [-0.05, 0) is 18.8 Å². The Balaban J connectivity index is 2.25. The third kappa shape index (κ3) is 4.89. The fourth-order valence-corrected chi connectivity index (χ4v) is 1.81. The minimum atomic E-state index is -1.56. The first kappa shape index (κ1) is 14.7. The molecule has 0 bridgehead atoms. The van der Waals surface area contributed by atoms with Gasteiger partial charge >= 0.3 is 12.0 Å². The molecule has 3 N–H and O–H groups in total. The van der Waals surface area contributed by atoms with Gasteiger partial charge in [-0.1, -0.05) is 0 Å². The minimum Gasteiger partial charge on any atom is -0.479 e. The Kier molecular flexibility index (Phi) is 5.87. The van der Waals surface area contributed by atoms with Gasteiger partial charge in [-0.15, -0.1) is 0 Å². The monoisotopic (exact) mass is 260 g/mol. The van der Waals surface area contributed by atoms with E-state index in [1.807, 2.05) is 0 Å². The molecule has 1 unspecified atom stereocenters. The summed E-state index contributed by atoms with van der Waals surface area (Å²) in [4.78, 5) is 23.5. The number of nitrogens with zero attached hydrogens (tertiary/aromatic N) is 1. The standard InChI is InChI=1S/C11H20N2O5/c1-13(7-8-2-4-18-5-3-8)11(17)12-6-9(14)10(15)16/h8-9,14H,2-7H2,1H3,(H,12,17)(H,15,16). The number of rotatable bonds is 5. The minimum absolute atomic E-state index is 0.285. The fourth-order valence-electron chi connectivity index (χ4n) is 1.81. The van der Waals surface area contributed by atoms with Gasteiger partial charge in [0.2, 0.25) is 0 Å². The molecule has 18 heavy (non-hydrogen) atoms. The molecule has 0 spiro atoms. The maximum Gasteiger partial charge on any atom is 0.334 e. The van der Waals surface area contributed by atoms with Crippen LogP contribution in [0.25, 0.3) is 0 Å². The Bertz CT molecular complexity index is 291. The highest BCUT2D eigenvalue weighted by Gasteiger charge is 2.20. The van der Waals surface area contributed by atoms with E-state index in [1.165, 1.54) is 4.90 Å². The van der Waals surface area contributed by atoms with Gasteiger partial charge in [0, 0.05) is 26.8 Å². The SMILES string of the molecule is CN(CC1CCOCC1)C(=O)NCC(O)C(=O)O. The molecular weight excluding hydrogens is 240 g/mol. The summed E-state index contributed by atoms with van der Waals surface area (Å²) in [5, 5.41) is 19.9. The summed E-state index contributed by atoms with van der Waals surface area (Å²) >= 11 is 0. The number of nitrogens with one attached hydrogen (secondary N) is 1. The van der Waals surface area contributed by atoms with E-state index in [0.29, 0.717) is 12.5 Å². The summed E-state index contributed by atoms with van der Waals surface area (Å²) in [5.74, 6) is -0.929. The molecule has 0 aromatic rings. The van der Waals surface area contributed by atoms with E-state index in [-0.39, 0.29) is 12.6 Å². The molecule has 0 aliphatic carbocycles. The van der Waals surface area contributed by atoms with Gasteiger partial charge in [-0.3, -0.25) is 0 Å². The quantitative estimate of drug-likeness (QED) is 0.619. The van der Waals surface area contributed by atoms with Gasteiger partial charge in [0.1, 0.15) is 0 Å². The van der Waals surface area contributed by atoms with Crippen molar-refractivity contribution >= 4 is 12.0 Å². The molecule has 0 radical (unpaired) electrons. The first-order valence-electron chi connectivity index (χ1n) is 5.98. The number of amides is 2. The van der Waals surface area contributed by atoms with Crippen molar-refractivity contribution in [2.45, 2.75) is 18.9 Å². The summed E-state index contributed by atoms with van der Waals surface area (Å²) in [7, 11) is 1.65. The third-order valence-electron chi connectivity index (χ3n) is 2.95. The average molecular weight is 260 g/mol. The molecule has 1 fully saturated rings. The van der Waals surface area contributed by atoms with Crippen LogP contribution in [0.1, 0.15) is 12.8 Å². The van der Waals surface area contributed by atoms with Crippen LogP contribution in [0.4, 0.5) is 4.79 Å². The Morgan fingerprint density at radius 3 is 2.61 bits per heavy atom. The van der Waals surface area contributed by atoms with Crippen molar-refractivity contribution in [2.24, 2.45) is 5.92 Å². The lowest BCUT2D eigenvalue weighted by molar-refractivity contribution is -0.146. The molecule has 1 atom stereocenters. The van der Waals surface area contributed by atoms with Gasteiger partial charge in [0.25, 0.3) is 0 Å². The van der Waals surface area contributed by atoms with Crippen molar-refractivity contribution in [3.8, 4) is 0 Å². The molecule has 0 aromatic carbocycles. The van der Waals surface area contributed by atoms with Crippen LogP contribution in [-0.2, 0) is 9.53 Å². The van der Waals surface area contributed by atoms with Crippen LogP contribution >= 0.6 is 0 Å². The molecule has 1 aliphatic heterocycles. The number of carboxylic acid groups (broad SMARTS) is 1. The molecule has 1 heterocycles. The molecule has 7 heteroatoms. The lowest BCUT2D eigenvalue weighted by Crippen LogP contribution is -2.44. The lowest BCUT2D eigenvalue weighted by Gasteiger charge is -2.27. The van der Waals surface area contributed by atoms with Crippen molar-refractivity contribution in [3.05, 3.63) is 0 Å². The second-order valence-corrected chi connectivity index (χ2v) is 4.48. The van der Waals surface area contributed by atoms with Crippen LogP contribution < -0.4 is 5.32 Å². The molecule has 1 aliphatic rings. The normalized spacial score (nSPS) is 18.1. The fraction of sp³-hybridized carbons (Fsp3) is 0.818. The molecule has 2 amide bonds. The zero-order chi connectivity index (χ0) is 13.5. The summed E-state index contributed by atoms with van der Waals surface area (Å²) in [6.07, 6.45) is 0.288. The van der Waals surface area contributed by atoms with E-state index in [0.717, 1.165) is 26.1 Å². The predicted octanol–water partition coefficient (Wildman–Crippen LogP) is -0.500. The Labute approximate surface area is 106 Å². The molecule has 1 rings (SSSR count). The van der Waals surface area contributed by atoms with Crippen LogP contribution in [0.15, 0.2) is 0 Å². The number of hydrogen-bond acceptors (Lipinski definition) is 4. The van der Waals surface area contributed by atoms with Crippen molar-refractivity contribution in [2.75, 3.05) is 33.4 Å². The third-order valence-corrected chi connectivity index (χ3v) is 2.95. The topological polar surface area (TPSA) is 99.1 Å². The van der Waals surface area contributed by atoms with E-state index in [9.17, 15) is 9.59 Å². The molecular formula is C11H20N2O5. The van der Waals surface area contributed by atoms with E-state index < -0.39 is 12.1 Å². The number of carbonyl (C=O) groups is 2. The average Bonchev–Trinajstić information content (AvgIpc) is 2.36.